The number of anilines is 2. The zero-order chi connectivity index (χ0) is 22.0. The van der Waals surface area contributed by atoms with E-state index in [9.17, 15) is 4.79 Å². The van der Waals surface area contributed by atoms with Crippen LogP contribution < -0.4 is 14.5 Å². The van der Waals surface area contributed by atoms with Crippen LogP contribution in [0.15, 0.2) is 83.5 Å². The molecule has 0 unspecified atom stereocenters. The summed E-state index contributed by atoms with van der Waals surface area (Å²) < 4.78 is 5.25. The van der Waals surface area contributed by atoms with Gasteiger partial charge in [-0.25, -0.2) is 4.99 Å². The lowest BCUT2D eigenvalue weighted by Gasteiger charge is -2.19. The van der Waals surface area contributed by atoms with E-state index in [0.717, 1.165) is 11.3 Å². The van der Waals surface area contributed by atoms with Crippen molar-refractivity contribution >= 4 is 40.8 Å². The first-order chi connectivity index (χ1) is 15.0. The fourth-order valence-corrected chi connectivity index (χ4v) is 3.56. The third kappa shape index (κ3) is 4.18. The van der Waals surface area contributed by atoms with Crippen LogP contribution in [0.3, 0.4) is 0 Å². The molecule has 0 atom stereocenters. The van der Waals surface area contributed by atoms with Crippen molar-refractivity contribution in [3.63, 3.8) is 0 Å². The van der Waals surface area contributed by atoms with Crippen LogP contribution in [0.5, 0.6) is 5.75 Å². The first-order valence-electron chi connectivity index (χ1n) is 9.79. The van der Waals surface area contributed by atoms with Gasteiger partial charge in [-0.05, 0) is 60.2 Å². The molecule has 0 aliphatic carbocycles. The number of methoxy groups -OCH3 is 1. The van der Waals surface area contributed by atoms with E-state index in [1.54, 1.807) is 24.2 Å². The van der Waals surface area contributed by atoms with Gasteiger partial charge in [-0.15, -0.1) is 0 Å². The minimum Gasteiger partial charge on any atom is -0.497 e. The Labute approximate surface area is 186 Å². The van der Waals surface area contributed by atoms with Crippen molar-refractivity contribution < 1.29 is 9.53 Å². The Morgan fingerprint density at radius 1 is 0.968 bits per heavy atom. The van der Waals surface area contributed by atoms with Crippen molar-refractivity contribution in [2.24, 2.45) is 4.99 Å². The molecule has 1 aliphatic rings. The minimum absolute atomic E-state index is 0.211. The fourth-order valence-electron chi connectivity index (χ4n) is 3.34. The van der Waals surface area contributed by atoms with Crippen LogP contribution in [-0.4, -0.2) is 32.9 Å². The van der Waals surface area contributed by atoms with Crippen LogP contribution in [0.2, 0.25) is 5.02 Å². The van der Waals surface area contributed by atoms with Gasteiger partial charge in [0.2, 0.25) is 0 Å². The monoisotopic (exact) mass is 431 g/mol. The number of amidine groups is 1. The molecule has 4 rings (SSSR count). The average molecular weight is 432 g/mol. The molecule has 0 fully saturated rings. The van der Waals surface area contributed by atoms with Gasteiger partial charge in [0.1, 0.15) is 17.3 Å². The molecule has 6 heteroatoms. The fraction of sp³-hybridized carbons (Fsp3) is 0.120. The molecule has 0 aromatic heterocycles. The Bertz CT molecular complexity index is 1170. The van der Waals surface area contributed by atoms with E-state index in [2.05, 4.69) is 4.99 Å². The predicted molar refractivity (Wildman–Crippen MR) is 127 cm³/mol. The number of amides is 1. The van der Waals surface area contributed by atoms with Crippen LogP contribution in [-0.2, 0) is 4.79 Å². The summed E-state index contributed by atoms with van der Waals surface area (Å²) >= 11 is 6.44. The van der Waals surface area contributed by atoms with E-state index in [0.29, 0.717) is 33.6 Å². The number of hydrogen-bond acceptors (Lipinski definition) is 4. The summed E-state index contributed by atoms with van der Waals surface area (Å²) in [6.45, 7) is 0. The van der Waals surface area contributed by atoms with E-state index in [1.807, 2.05) is 85.7 Å². The molecular formula is C25H22ClN3O2. The number of ether oxygens (including phenoxy) is 1. The average Bonchev–Trinajstić information content (AvgIpc) is 3.10. The Morgan fingerprint density at radius 3 is 2.26 bits per heavy atom. The van der Waals surface area contributed by atoms with Crippen LogP contribution in [0.4, 0.5) is 11.4 Å². The van der Waals surface area contributed by atoms with E-state index in [4.69, 9.17) is 16.3 Å². The van der Waals surface area contributed by atoms with Gasteiger partial charge in [-0.2, -0.15) is 0 Å². The van der Waals surface area contributed by atoms with Crippen molar-refractivity contribution in [2.45, 2.75) is 0 Å². The molecular weight excluding hydrogens is 410 g/mol. The topological polar surface area (TPSA) is 45.1 Å². The van der Waals surface area contributed by atoms with Crippen LogP contribution in [0, 0.1) is 0 Å². The van der Waals surface area contributed by atoms with E-state index < -0.39 is 0 Å². The molecule has 0 spiro atoms. The SMILES string of the molecule is COc1ccc(N2C(=O)/C(=C\c3ccc(N(C)C)cc3)N=C2c2ccccc2Cl)cc1. The number of benzene rings is 3. The Balaban J connectivity index is 1.78. The summed E-state index contributed by atoms with van der Waals surface area (Å²) in [5.74, 6) is 0.997. The van der Waals surface area contributed by atoms with Gasteiger partial charge in [-0.1, -0.05) is 35.9 Å². The maximum atomic E-state index is 13.4. The largest absolute Gasteiger partial charge is 0.497 e. The molecule has 0 radical (unpaired) electrons. The van der Waals surface area contributed by atoms with E-state index in [1.165, 1.54) is 0 Å². The molecule has 1 aliphatic heterocycles. The van der Waals surface area contributed by atoms with Crippen molar-refractivity contribution in [3.8, 4) is 5.75 Å². The summed E-state index contributed by atoms with van der Waals surface area (Å²) in [5, 5.41) is 0.532. The first-order valence-corrected chi connectivity index (χ1v) is 10.2. The highest BCUT2D eigenvalue weighted by Gasteiger charge is 2.33. The number of carbonyl (C=O) groups is 1. The molecule has 3 aromatic rings. The summed E-state index contributed by atoms with van der Waals surface area (Å²) in [6.07, 6.45) is 1.79. The third-order valence-electron chi connectivity index (χ3n) is 5.02. The van der Waals surface area contributed by atoms with Gasteiger partial charge in [-0.3, -0.25) is 9.69 Å². The summed E-state index contributed by atoms with van der Waals surface area (Å²) in [7, 11) is 5.58. The van der Waals surface area contributed by atoms with Crippen LogP contribution >= 0.6 is 11.6 Å². The highest BCUT2D eigenvalue weighted by molar-refractivity contribution is 6.39. The maximum Gasteiger partial charge on any atom is 0.282 e. The number of aliphatic imine (C=N–C) groups is 1. The third-order valence-corrected chi connectivity index (χ3v) is 5.35. The predicted octanol–water partition coefficient (Wildman–Crippen LogP) is 5.25. The summed E-state index contributed by atoms with van der Waals surface area (Å²) in [5.41, 5.74) is 3.71. The molecule has 3 aromatic carbocycles. The zero-order valence-corrected chi connectivity index (χ0v) is 18.3. The molecule has 5 nitrogen and oxygen atoms in total. The number of rotatable bonds is 5. The van der Waals surface area contributed by atoms with Crippen LogP contribution in [0.1, 0.15) is 11.1 Å². The Hall–Kier alpha value is -3.57. The molecule has 0 N–H and O–H groups in total. The normalized spacial score (nSPS) is 14.7. The second-order valence-electron chi connectivity index (χ2n) is 7.27. The molecule has 31 heavy (non-hydrogen) atoms. The minimum atomic E-state index is -0.211. The standard InChI is InChI=1S/C25H22ClN3O2/c1-28(2)18-10-8-17(9-11-18)16-23-25(30)29(19-12-14-20(31-3)15-13-19)24(27-23)21-6-4-5-7-22(21)26/h4-16H,1-3H3/b23-16+. The van der Waals surface area contributed by atoms with Gasteiger partial charge >= 0.3 is 0 Å². The maximum absolute atomic E-state index is 13.4. The zero-order valence-electron chi connectivity index (χ0n) is 17.5. The Kier molecular flexibility index (Phi) is 5.78. The van der Waals surface area contributed by atoms with Crippen molar-refractivity contribution in [1.29, 1.82) is 0 Å². The number of hydrogen-bond donors (Lipinski definition) is 0. The highest BCUT2D eigenvalue weighted by Crippen LogP contribution is 2.31. The van der Waals surface area contributed by atoms with Gasteiger partial charge in [0.05, 0.1) is 17.8 Å². The van der Waals surface area contributed by atoms with E-state index >= 15 is 0 Å². The van der Waals surface area contributed by atoms with Gasteiger partial charge in [0, 0.05) is 25.3 Å². The van der Waals surface area contributed by atoms with Crippen molar-refractivity contribution in [2.75, 3.05) is 31.0 Å². The van der Waals surface area contributed by atoms with Gasteiger partial charge in [0.25, 0.3) is 5.91 Å². The lowest BCUT2D eigenvalue weighted by molar-refractivity contribution is -0.113. The molecule has 0 saturated carbocycles. The summed E-state index contributed by atoms with van der Waals surface area (Å²) in [4.78, 5) is 21.7. The quantitative estimate of drug-likeness (QED) is 0.518. The van der Waals surface area contributed by atoms with Crippen LogP contribution in [0.25, 0.3) is 6.08 Å². The number of halogens is 1. The number of carbonyl (C=O) groups excluding carboxylic acids is 1. The molecule has 1 amide bonds. The first kappa shape index (κ1) is 20.7. The van der Waals surface area contributed by atoms with Crippen molar-refractivity contribution in [1.82, 2.24) is 0 Å². The lowest BCUT2D eigenvalue weighted by atomic mass is 10.1. The van der Waals surface area contributed by atoms with Gasteiger partial charge in [0.15, 0.2) is 0 Å². The van der Waals surface area contributed by atoms with Gasteiger partial charge < -0.3 is 9.64 Å². The molecule has 1 heterocycles. The second-order valence-corrected chi connectivity index (χ2v) is 7.68. The molecule has 0 bridgehead atoms. The second kappa shape index (κ2) is 8.66. The lowest BCUT2D eigenvalue weighted by Crippen LogP contribution is -2.32. The smallest absolute Gasteiger partial charge is 0.282 e. The van der Waals surface area contributed by atoms with Crippen molar-refractivity contribution in [3.05, 3.63) is 94.6 Å². The highest BCUT2D eigenvalue weighted by atomic mass is 35.5. The molecule has 0 saturated heterocycles. The van der Waals surface area contributed by atoms with E-state index in [-0.39, 0.29) is 5.91 Å². The molecule has 156 valence electrons. The Morgan fingerprint density at radius 2 is 1.65 bits per heavy atom. The summed E-state index contributed by atoms with van der Waals surface area (Å²) in [6, 6.07) is 22.6. The number of nitrogens with zero attached hydrogens (tertiary/aromatic N) is 3.